The third-order valence-corrected chi connectivity index (χ3v) is 2.56. The van der Waals surface area contributed by atoms with E-state index in [9.17, 15) is 5.11 Å². The van der Waals surface area contributed by atoms with E-state index in [1.165, 1.54) is 19.3 Å². The number of hydrogen-bond acceptors (Lipinski definition) is 3. The molecule has 0 radical (unpaired) electrons. The van der Waals surface area contributed by atoms with E-state index >= 15 is 0 Å². The third kappa shape index (κ3) is 1.97. The Morgan fingerprint density at radius 3 is 3.00 bits per heavy atom. The molecule has 2 aliphatic rings. The molecular weight excluding hydrogens is 152 g/mol. The van der Waals surface area contributed by atoms with E-state index in [1.807, 2.05) is 0 Å². The Kier molecular flexibility index (Phi) is 2.30. The van der Waals surface area contributed by atoms with Gasteiger partial charge in [-0.05, 0) is 25.2 Å². The summed E-state index contributed by atoms with van der Waals surface area (Å²) in [4.78, 5) is 4.28. The van der Waals surface area contributed by atoms with E-state index < -0.39 is 0 Å². The number of amidine groups is 1. The molecule has 3 heteroatoms. The number of rotatable bonds is 3. The van der Waals surface area contributed by atoms with Gasteiger partial charge in [0.1, 0.15) is 0 Å². The predicted octanol–water partition coefficient (Wildman–Crippen LogP) is 0.539. The number of nitrogens with one attached hydrogen (secondary N) is 1. The van der Waals surface area contributed by atoms with Crippen LogP contribution in [0.15, 0.2) is 4.99 Å². The molecule has 3 nitrogen and oxygen atoms in total. The topological polar surface area (TPSA) is 44.6 Å². The summed E-state index contributed by atoms with van der Waals surface area (Å²) >= 11 is 0. The minimum atomic E-state index is -0.145. The molecule has 1 aliphatic heterocycles. The SMILES string of the molecule is OC(CNC1=NCCC1)C1CC1. The second-order valence-corrected chi connectivity index (χ2v) is 3.72. The molecule has 1 atom stereocenters. The zero-order valence-corrected chi connectivity index (χ0v) is 7.29. The zero-order valence-electron chi connectivity index (χ0n) is 7.29. The van der Waals surface area contributed by atoms with Crippen LogP contribution in [0.25, 0.3) is 0 Å². The first kappa shape index (κ1) is 8.05. The van der Waals surface area contributed by atoms with Crippen molar-refractivity contribution in [3.63, 3.8) is 0 Å². The van der Waals surface area contributed by atoms with Gasteiger partial charge in [0.2, 0.25) is 0 Å². The molecule has 0 aromatic heterocycles. The van der Waals surface area contributed by atoms with E-state index in [0.29, 0.717) is 12.5 Å². The minimum absolute atomic E-state index is 0.145. The predicted molar refractivity (Wildman–Crippen MR) is 48.3 cm³/mol. The highest BCUT2D eigenvalue weighted by Crippen LogP contribution is 2.32. The standard InChI is InChI=1S/C9H16N2O/c12-8(7-3-4-7)6-11-9-2-1-5-10-9/h7-8,12H,1-6H2,(H,10,11). The van der Waals surface area contributed by atoms with E-state index in [-0.39, 0.29) is 6.10 Å². The number of hydrogen-bond donors (Lipinski definition) is 2. The Morgan fingerprint density at radius 2 is 2.42 bits per heavy atom. The number of aliphatic imine (C=N–C) groups is 1. The first-order valence-corrected chi connectivity index (χ1v) is 4.81. The monoisotopic (exact) mass is 168 g/mol. The molecular formula is C9H16N2O. The van der Waals surface area contributed by atoms with Crippen LogP contribution in [0.4, 0.5) is 0 Å². The van der Waals surface area contributed by atoms with Crippen molar-refractivity contribution in [1.82, 2.24) is 5.32 Å². The van der Waals surface area contributed by atoms with Gasteiger partial charge >= 0.3 is 0 Å². The first-order chi connectivity index (χ1) is 5.86. The van der Waals surface area contributed by atoms with Gasteiger partial charge in [-0.15, -0.1) is 0 Å². The van der Waals surface area contributed by atoms with Gasteiger partial charge in [0.05, 0.1) is 11.9 Å². The molecule has 12 heavy (non-hydrogen) atoms. The highest BCUT2D eigenvalue weighted by atomic mass is 16.3. The molecule has 1 aliphatic carbocycles. The Labute approximate surface area is 72.9 Å². The normalized spacial score (nSPS) is 25.2. The Balaban J connectivity index is 1.66. The van der Waals surface area contributed by atoms with Gasteiger partial charge in [0.25, 0.3) is 0 Å². The summed E-state index contributed by atoms with van der Waals surface area (Å²) in [5, 5.41) is 12.7. The van der Waals surface area contributed by atoms with Crippen molar-refractivity contribution in [1.29, 1.82) is 0 Å². The fourth-order valence-corrected chi connectivity index (χ4v) is 1.55. The summed E-state index contributed by atoms with van der Waals surface area (Å²) in [5.74, 6) is 1.66. The van der Waals surface area contributed by atoms with Gasteiger partial charge in [0, 0.05) is 19.5 Å². The summed E-state index contributed by atoms with van der Waals surface area (Å²) in [5.41, 5.74) is 0. The van der Waals surface area contributed by atoms with E-state index in [4.69, 9.17) is 0 Å². The fraction of sp³-hybridized carbons (Fsp3) is 0.889. The summed E-state index contributed by atoms with van der Waals surface area (Å²) in [6.07, 6.45) is 4.50. The molecule has 1 fully saturated rings. The number of aliphatic hydroxyl groups is 1. The van der Waals surface area contributed by atoms with Crippen molar-refractivity contribution < 1.29 is 5.11 Å². The third-order valence-electron chi connectivity index (χ3n) is 2.56. The van der Waals surface area contributed by atoms with Crippen molar-refractivity contribution in [2.75, 3.05) is 13.1 Å². The van der Waals surface area contributed by atoms with Gasteiger partial charge in [-0.25, -0.2) is 0 Å². The van der Waals surface area contributed by atoms with Crippen LogP contribution in [-0.2, 0) is 0 Å². The van der Waals surface area contributed by atoms with Crippen LogP contribution in [0, 0.1) is 5.92 Å². The molecule has 1 unspecified atom stereocenters. The summed E-state index contributed by atoms with van der Waals surface area (Å²) < 4.78 is 0. The van der Waals surface area contributed by atoms with Gasteiger partial charge in [-0.3, -0.25) is 4.99 Å². The number of nitrogens with zero attached hydrogens (tertiary/aromatic N) is 1. The molecule has 1 heterocycles. The zero-order chi connectivity index (χ0) is 8.39. The quantitative estimate of drug-likeness (QED) is 0.646. The average Bonchev–Trinajstić information content (AvgIpc) is 2.80. The smallest absolute Gasteiger partial charge is 0.0964 e. The molecule has 1 saturated carbocycles. The van der Waals surface area contributed by atoms with Crippen molar-refractivity contribution in [2.24, 2.45) is 10.9 Å². The van der Waals surface area contributed by atoms with Crippen LogP contribution in [0.2, 0.25) is 0 Å². The Hall–Kier alpha value is -0.570. The van der Waals surface area contributed by atoms with Crippen LogP contribution < -0.4 is 5.32 Å². The molecule has 0 aromatic rings. The molecule has 0 bridgehead atoms. The molecule has 68 valence electrons. The van der Waals surface area contributed by atoms with Gasteiger partial charge < -0.3 is 10.4 Å². The first-order valence-electron chi connectivity index (χ1n) is 4.81. The van der Waals surface area contributed by atoms with E-state index in [1.54, 1.807) is 0 Å². The second kappa shape index (κ2) is 3.44. The van der Waals surface area contributed by atoms with Crippen LogP contribution in [0.3, 0.4) is 0 Å². The van der Waals surface area contributed by atoms with Crippen LogP contribution in [-0.4, -0.2) is 30.1 Å². The highest BCUT2D eigenvalue weighted by Gasteiger charge is 2.29. The van der Waals surface area contributed by atoms with Crippen molar-refractivity contribution in [2.45, 2.75) is 31.8 Å². The van der Waals surface area contributed by atoms with E-state index in [2.05, 4.69) is 10.3 Å². The lowest BCUT2D eigenvalue weighted by molar-refractivity contribution is 0.154. The molecule has 0 saturated heterocycles. The van der Waals surface area contributed by atoms with E-state index in [0.717, 1.165) is 18.8 Å². The molecule has 2 rings (SSSR count). The van der Waals surface area contributed by atoms with Crippen molar-refractivity contribution >= 4 is 5.84 Å². The molecule has 0 spiro atoms. The maximum Gasteiger partial charge on any atom is 0.0964 e. The lowest BCUT2D eigenvalue weighted by atomic mass is 10.2. The molecule has 0 aromatic carbocycles. The Bertz CT molecular complexity index is 187. The van der Waals surface area contributed by atoms with Crippen LogP contribution in [0.1, 0.15) is 25.7 Å². The number of aliphatic hydroxyl groups excluding tert-OH is 1. The molecule has 2 N–H and O–H groups in total. The van der Waals surface area contributed by atoms with Crippen molar-refractivity contribution in [3.8, 4) is 0 Å². The maximum atomic E-state index is 9.53. The lowest BCUT2D eigenvalue weighted by Crippen LogP contribution is -2.32. The highest BCUT2D eigenvalue weighted by molar-refractivity contribution is 5.83. The van der Waals surface area contributed by atoms with Crippen LogP contribution in [0.5, 0.6) is 0 Å². The summed E-state index contributed by atoms with van der Waals surface area (Å²) in [6, 6.07) is 0. The van der Waals surface area contributed by atoms with Crippen molar-refractivity contribution in [3.05, 3.63) is 0 Å². The minimum Gasteiger partial charge on any atom is -0.391 e. The van der Waals surface area contributed by atoms with Gasteiger partial charge in [-0.1, -0.05) is 0 Å². The second-order valence-electron chi connectivity index (χ2n) is 3.72. The summed E-state index contributed by atoms with van der Waals surface area (Å²) in [6.45, 7) is 1.66. The lowest BCUT2D eigenvalue weighted by Gasteiger charge is -2.10. The van der Waals surface area contributed by atoms with Crippen LogP contribution >= 0.6 is 0 Å². The Morgan fingerprint density at radius 1 is 1.58 bits per heavy atom. The fourth-order valence-electron chi connectivity index (χ4n) is 1.55. The van der Waals surface area contributed by atoms with Gasteiger partial charge in [0.15, 0.2) is 0 Å². The molecule has 0 amide bonds. The van der Waals surface area contributed by atoms with Gasteiger partial charge in [-0.2, -0.15) is 0 Å². The average molecular weight is 168 g/mol. The largest absolute Gasteiger partial charge is 0.391 e. The maximum absolute atomic E-state index is 9.53. The summed E-state index contributed by atoms with van der Waals surface area (Å²) in [7, 11) is 0.